The highest BCUT2D eigenvalue weighted by Crippen LogP contribution is 2.13. The molecule has 0 radical (unpaired) electrons. The number of esters is 3. The molecule has 0 aromatic carbocycles. The van der Waals surface area contributed by atoms with E-state index >= 15 is 0 Å². The van der Waals surface area contributed by atoms with E-state index in [0.717, 1.165) is 154 Å². The molecule has 0 heterocycles. The minimum Gasteiger partial charge on any atom is -0.462 e. The zero-order valence-corrected chi connectivity index (χ0v) is 51.7. The Bertz CT molecular complexity index is 1900. The van der Waals surface area contributed by atoms with Gasteiger partial charge < -0.3 is 14.2 Å². The summed E-state index contributed by atoms with van der Waals surface area (Å²) in [6.45, 7) is 6.29. The smallest absolute Gasteiger partial charge is 0.306 e. The average molecular weight is 1110 g/mol. The second-order valence-electron chi connectivity index (χ2n) is 20.5. The lowest BCUT2D eigenvalue weighted by atomic mass is 10.1. The second kappa shape index (κ2) is 67.0. The largest absolute Gasteiger partial charge is 0.462 e. The van der Waals surface area contributed by atoms with Gasteiger partial charge in [0.15, 0.2) is 6.10 Å². The fourth-order valence-corrected chi connectivity index (χ4v) is 8.12. The monoisotopic (exact) mass is 1110 g/mol. The van der Waals surface area contributed by atoms with Crippen LogP contribution < -0.4 is 0 Å². The van der Waals surface area contributed by atoms with Gasteiger partial charge in [-0.15, -0.1) is 0 Å². The molecule has 452 valence electrons. The van der Waals surface area contributed by atoms with Crippen LogP contribution in [0, 0.1) is 0 Å². The summed E-state index contributed by atoms with van der Waals surface area (Å²) in [4.78, 5) is 38.3. The highest BCUT2D eigenvalue weighted by molar-refractivity contribution is 5.71. The molecule has 6 nitrogen and oxygen atoms in total. The quantitative estimate of drug-likeness (QED) is 0.0261. The van der Waals surface area contributed by atoms with Crippen LogP contribution in [0.25, 0.3) is 0 Å². The minimum absolute atomic E-state index is 0.128. The van der Waals surface area contributed by atoms with Crippen molar-refractivity contribution in [2.24, 2.45) is 0 Å². The maximum atomic E-state index is 12.9. The average Bonchev–Trinajstić information content (AvgIpc) is 3.46. The van der Waals surface area contributed by atoms with E-state index in [9.17, 15) is 14.4 Å². The van der Waals surface area contributed by atoms with Crippen molar-refractivity contribution in [3.63, 3.8) is 0 Å². The van der Waals surface area contributed by atoms with Crippen molar-refractivity contribution in [1.82, 2.24) is 0 Å². The molecule has 0 aliphatic carbocycles. The van der Waals surface area contributed by atoms with Crippen molar-refractivity contribution in [2.75, 3.05) is 13.2 Å². The summed E-state index contributed by atoms with van der Waals surface area (Å²) in [5.41, 5.74) is 0. The van der Waals surface area contributed by atoms with Crippen LogP contribution in [-0.2, 0) is 28.6 Å². The molecule has 0 bridgehead atoms. The molecule has 0 aliphatic heterocycles. The van der Waals surface area contributed by atoms with Crippen LogP contribution >= 0.6 is 0 Å². The van der Waals surface area contributed by atoms with Gasteiger partial charge in [0.1, 0.15) is 13.2 Å². The number of unbranched alkanes of at least 4 members (excludes halogenated alkanes) is 15. The first kappa shape index (κ1) is 75.5. The van der Waals surface area contributed by atoms with Crippen molar-refractivity contribution in [1.29, 1.82) is 0 Å². The Balaban J connectivity index is 4.49. The number of carbonyl (C=O) groups is 3. The standard InChI is InChI=1S/C75H116O6/c1-4-7-10-13-16-19-22-25-27-29-31-33-34-35-36-37-38-39-40-42-43-45-47-50-53-56-59-62-65-68-74(77)80-71-72(70-79-73(76)67-64-61-58-55-52-49-24-21-18-15-12-9-6-3)81-75(78)69-66-63-60-57-54-51-48-46-44-41-32-30-28-26-23-20-17-14-11-8-5-2/h7,9-10,12,16,18-19,21,23,25-27,30-33,35-36,38-39,42-44,46-47,49-50,52,58,61,72H,4-6,8,11,13-15,17,20,22,24,28-29,34,37,40-41,45,48,51,53-57,59-60,62-71H2,1-3H3/b10-7-,12-9-,19-16-,21-18-,26-23-,27-25-,32-30-,33-31-,36-35-,39-38-,43-42-,46-44-,50-47-,52-49-,61-58-. The van der Waals surface area contributed by atoms with Crippen LogP contribution in [-0.4, -0.2) is 37.2 Å². The lowest BCUT2D eigenvalue weighted by Crippen LogP contribution is -2.30. The highest BCUT2D eigenvalue weighted by atomic mass is 16.6. The first-order valence-corrected chi connectivity index (χ1v) is 32.3. The van der Waals surface area contributed by atoms with Gasteiger partial charge in [-0.1, -0.05) is 267 Å². The molecule has 1 unspecified atom stereocenters. The summed E-state index contributed by atoms with van der Waals surface area (Å²) in [5.74, 6) is -1.06. The molecule has 0 saturated carbocycles. The summed E-state index contributed by atoms with van der Waals surface area (Å²) in [7, 11) is 0. The van der Waals surface area contributed by atoms with Crippen molar-refractivity contribution >= 4 is 17.9 Å². The summed E-state index contributed by atoms with van der Waals surface area (Å²) < 4.78 is 16.8. The van der Waals surface area contributed by atoms with Gasteiger partial charge >= 0.3 is 17.9 Å². The van der Waals surface area contributed by atoms with Gasteiger partial charge in [-0.05, 0) is 148 Å². The van der Waals surface area contributed by atoms with E-state index in [4.69, 9.17) is 14.2 Å². The summed E-state index contributed by atoms with van der Waals surface area (Å²) >= 11 is 0. The predicted octanol–water partition coefficient (Wildman–Crippen LogP) is 22.4. The molecular formula is C75H116O6. The van der Waals surface area contributed by atoms with E-state index in [1.807, 2.05) is 12.2 Å². The Morgan fingerprint density at radius 3 is 0.827 bits per heavy atom. The van der Waals surface area contributed by atoms with E-state index in [0.29, 0.717) is 12.8 Å². The van der Waals surface area contributed by atoms with Crippen molar-refractivity contribution < 1.29 is 28.6 Å². The van der Waals surface area contributed by atoms with E-state index in [-0.39, 0.29) is 44.0 Å². The Morgan fingerprint density at radius 1 is 0.259 bits per heavy atom. The third-order valence-corrected chi connectivity index (χ3v) is 12.9. The summed E-state index contributed by atoms with van der Waals surface area (Å²) in [5, 5.41) is 0. The van der Waals surface area contributed by atoms with Crippen LogP contribution in [0.1, 0.15) is 252 Å². The molecule has 81 heavy (non-hydrogen) atoms. The molecule has 6 heteroatoms. The van der Waals surface area contributed by atoms with E-state index in [2.05, 4.69) is 191 Å². The maximum Gasteiger partial charge on any atom is 0.306 e. The van der Waals surface area contributed by atoms with Crippen LogP contribution in [0.5, 0.6) is 0 Å². The fourth-order valence-electron chi connectivity index (χ4n) is 8.12. The molecule has 0 rings (SSSR count). The normalized spacial score (nSPS) is 13.4. The van der Waals surface area contributed by atoms with Crippen LogP contribution in [0.4, 0.5) is 0 Å². The van der Waals surface area contributed by atoms with Gasteiger partial charge in [0.05, 0.1) is 0 Å². The third kappa shape index (κ3) is 65.2. The van der Waals surface area contributed by atoms with E-state index < -0.39 is 6.10 Å². The molecule has 0 aliphatic rings. The number of rotatable bonds is 56. The van der Waals surface area contributed by atoms with Crippen molar-refractivity contribution in [3.8, 4) is 0 Å². The predicted molar refractivity (Wildman–Crippen MR) is 352 cm³/mol. The molecule has 0 aromatic heterocycles. The van der Waals surface area contributed by atoms with Gasteiger partial charge in [-0.25, -0.2) is 0 Å². The van der Waals surface area contributed by atoms with Gasteiger partial charge in [0.2, 0.25) is 0 Å². The maximum absolute atomic E-state index is 12.9. The number of carbonyl (C=O) groups excluding carboxylic acids is 3. The lowest BCUT2D eigenvalue weighted by Gasteiger charge is -2.18. The molecule has 0 saturated heterocycles. The Kier molecular flexibility index (Phi) is 62.5. The van der Waals surface area contributed by atoms with Gasteiger partial charge in [0.25, 0.3) is 0 Å². The minimum atomic E-state index is -0.837. The summed E-state index contributed by atoms with van der Waals surface area (Å²) in [6.07, 6.45) is 101. The van der Waals surface area contributed by atoms with Crippen LogP contribution in [0.15, 0.2) is 182 Å². The van der Waals surface area contributed by atoms with Gasteiger partial charge in [0, 0.05) is 19.3 Å². The fraction of sp³-hybridized carbons (Fsp3) is 0.560. The van der Waals surface area contributed by atoms with Crippen LogP contribution in [0.2, 0.25) is 0 Å². The summed E-state index contributed by atoms with van der Waals surface area (Å²) in [6, 6.07) is 0. The molecular weight excluding hydrogens is 997 g/mol. The zero-order chi connectivity index (χ0) is 58.5. The van der Waals surface area contributed by atoms with Crippen molar-refractivity contribution in [2.45, 2.75) is 258 Å². The second-order valence-corrected chi connectivity index (χ2v) is 20.5. The first-order chi connectivity index (χ1) is 40.0. The first-order valence-electron chi connectivity index (χ1n) is 32.3. The molecule has 0 amide bonds. The molecule has 0 N–H and O–H groups in total. The molecule has 1 atom stereocenters. The third-order valence-electron chi connectivity index (χ3n) is 12.9. The van der Waals surface area contributed by atoms with E-state index in [1.54, 1.807) is 0 Å². The Hall–Kier alpha value is -5.49. The number of ether oxygens (including phenoxy) is 3. The number of hydrogen-bond acceptors (Lipinski definition) is 6. The van der Waals surface area contributed by atoms with Gasteiger partial charge in [-0.2, -0.15) is 0 Å². The lowest BCUT2D eigenvalue weighted by molar-refractivity contribution is -0.166. The van der Waals surface area contributed by atoms with E-state index in [1.165, 1.54) is 51.4 Å². The zero-order valence-electron chi connectivity index (χ0n) is 51.7. The van der Waals surface area contributed by atoms with Gasteiger partial charge in [-0.3, -0.25) is 14.4 Å². The Morgan fingerprint density at radius 2 is 0.506 bits per heavy atom. The SMILES string of the molecule is CC/C=C\C/C=C\C/C=C\C/C=C\C/C=C\C/C=C\C/C=C\C/C=C\CCCCCCC(=O)OCC(COC(=O)CC/C=C\C/C=C\C/C=C\C/C=C\CC)OC(=O)CCCCCCCC/C=C\C/C=C\C/C=C\CCCCCCC. The molecule has 0 spiro atoms. The van der Waals surface area contributed by atoms with Crippen LogP contribution in [0.3, 0.4) is 0 Å². The molecule has 0 aromatic rings. The number of hydrogen-bond donors (Lipinski definition) is 0. The molecule has 0 fully saturated rings. The van der Waals surface area contributed by atoms with Crippen molar-refractivity contribution in [3.05, 3.63) is 182 Å². The highest BCUT2D eigenvalue weighted by Gasteiger charge is 2.19. The topological polar surface area (TPSA) is 78.9 Å². The number of allylic oxidation sites excluding steroid dienone is 30. The Labute approximate surface area is 497 Å².